The first-order chi connectivity index (χ1) is 15.8. The second-order valence-corrected chi connectivity index (χ2v) is 7.85. The van der Waals surface area contributed by atoms with E-state index in [0.29, 0.717) is 24.5 Å². The highest BCUT2D eigenvalue weighted by atomic mass is 19.1. The summed E-state index contributed by atoms with van der Waals surface area (Å²) in [7, 11) is 2.70. The summed E-state index contributed by atoms with van der Waals surface area (Å²) in [4.78, 5) is 29.9. The summed E-state index contributed by atoms with van der Waals surface area (Å²) in [5.41, 5.74) is 1.67. The van der Waals surface area contributed by atoms with Crippen molar-refractivity contribution in [2.24, 2.45) is 0 Å². The van der Waals surface area contributed by atoms with Crippen molar-refractivity contribution in [2.75, 3.05) is 33.9 Å². The van der Waals surface area contributed by atoms with Crippen molar-refractivity contribution < 1.29 is 27.8 Å². The molecule has 0 spiro atoms. The van der Waals surface area contributed by atoms with E-state index in [4.69, 9.17) is 9.47 Å². The first kappa shape index (κ1) is 22.7. The van der Waals surface area contributed by atoms with Crippen LogP contribution in [0.1, 0.15) is 21.6 Å². The Hall–Kier alpha value is -3.53. The molecule has 0 bridgehead atoms. The number of aromatic nitrogens is 2. The predicted molar refractivity (Wildman–Crippen MR) is 116 cm³/mol. The molecule has 1 aliphatic heterocycles. The molecule has 1 saturated heterocycles. The molecular formula is C23H24F2N4O4. The number of nitrogens with zero attached hydrogens (tertiary/aromatic N) is 3. The predicted octanol–water partition coefficient (Wildman–Crippen LogP) is 2.96. The van der Waals surface area contributed by atoms with Gasteiger partial charge in [0.05, 0.1) is 43.3 Å². The van der Waals surface area contributed by atoms with Crippen molar-refractivity contribution in [1.82, 2.24) is 19.6 Å². The average Bonchev–Trinajstić information content (AvgIpc) is 3.14. The maximum Gasteiger partial charge on any atom is 0.409 e. The first-order valence-corrected chi connectivity index (χ1v) is 10.5. The van der Waals surface area contributed by atoms with E-state index in [1.54, 1.807) is 10.6 Å². The molecule has 1 aromatic carbocycles. The number of nitrogens with one attached hydrogen (secondary N) is 1. The molecule has 0 saturated carbocycles. The molecule has 0 radical (unpaired) electrons. The molecule has 1 unspecified atom stereocenters. The number of halogens is 2. The highest BCUT2D eigenvalue weighted by Crippen LogP contribution is 2.32. The third kappa shape index (κ3) is 4.38. The van der Waals surface area contributed by atoms with Gasteiger partial charge in [-0.2, -0.15) is 0 Å². The van der Waals surface area contributed by atoms with Gasteiger partial charge in [0.25, 0.3) is 5.91 Å². The van der Waals surface area contributed by atoms with Crippen molar-refractivity contribution in [3.8, 4) is 11.3 Å². The van der Waals surface area contributed by atoms with Crippen LogP contribution in [0.3, 0.4) is 0 Å². The Morgan fingerprint density at radius 3 is 2.67 bits per heavy atom. The van der Waals surface area contributed by atoms with Gasteiger partial charge in [0.1, 0.15) is 17.3 Å². The van der Waals surface area contributed by atoms with E-state index in [-0.39, 0.29) is 29.8 Å². The lowest BCUT2D eigenvalue weighted by Gasteiger charge is -2.32. The minimum atomic E-state index is -0.893. The lowest BCUT2D eigenvalue weighted by atomic mass is 10.0. The summed E-state index contributed by atoms with van der Waals surface area (Å²) in [6, 6.07) is 5.66. The third-order valence-electron chi connectivity index (χ3n) is 5.64. The normalized spacial score (nSPS) is 16.2. The van der Waals surface area contributed by atoms with Crippen molar-refractivity contribution in [1.29, 1.82) is 0 Å². The van der Waals surface area contributed by atoms with Crippen molar-refractivity contribution in [3.05, 3.63) is 58.9 Å². The number of ether oxygens (including phenoxy) is 2. The maximum absolute atomic E-state index is 15.1. The Morgan fingerprint density at radius 1 is 1.27 bits per heavy atom. The van der Waals surface area contributed by atoms with Crippen LogP contribution < -0.4 is 5.32 Å². The van der Waals surface area contributed by atoms with E-state index in [1.807, 2.05) is 19.1 Å². The number of rotatable bonds is 4. The lowest BCUT2D eigenvalue weighted by molar-refractivity contribution is -0.0241. The molecule has 1 atom stereocenters. The van der Waals surface area contributed by atoms with Gasteiger partial charge in [0.15, 0.2) is 0 Å². The van der Waals surface area contributed by atoms with Crippen LogP contribution in [-0.2, 0) is 15.9 Å². The summed E-state index contributed by atoms with van der Waals surface area (Å²) in [5.74, 6) is -2.38. The van der Waals surface area contributed by atoms with Gasteiger partial charge >= 0.3 is 6.09 Å². The van der Waals surface area contributed by atoms with Gasteiger partial charge in [-0.25, -0.2) is 18.6 Å². The number of morpholine rings is 1. The number of carbonyl (C=O) groups excluding carboxylic acids is 2. The Bertz CT molecular complexity index is 1200. The van der Waals surface area contributed by atoms with Gasteiger partial charge < -0.3 is 24.1 Å². The molecule has 3 heterocycles. The zero-order valence-electron chi connectivity index (χ0n) is 18.5. The van der Waals surface area contributed by atoms with E-state index < -0.39 is 29.7 Å². The molecule has 3 aromatic rings. The van der Waals surface area contributed by atoms with Crippen LogP contribution in [0, 0.1) is 18.6 Å². The van der Waals surface area contributed by atoms with E-state index in [1.165, 1.54) is 19.1 Å². The number of methoxy groups -OCH3 is 1. The van der Waals surface area contributed by atoms with Crippen molar-refractivity contribution >= 4 is 17.6 Å². The van der Waals surface area contributed by atoms with Crippen LogP contribution in [0.25, 0.3) is 16.9 Å². The van der Waals surface area contributed by atoms with E-state index >= 15 is 8.78 Å². The SMILES string of the molecule is CNC(=O)c1cc(F)c(-c2nc3cc(C)ccn3c2CC2CN(C(=O)OC)CCO2)c(F)c1. The van der Waals surface area contributed by atoms with Crippen LogP contribution in [0.15, 0.2) is 30.5 Å². The number of imidazole rings is 1. The summed E-state index contributed by atoms with van der Waals surface area (Å²) in [6.45, 7) is 2.87. The number of amides is 2. The lowest BCUT2D eigenvalue weighted by Crippen LogP contribution is -2.46. The standard InChI is InChI=1S/C23H24F2N4O4/c1-13-4-5-29-18(11-15-12-28(6-7-33-15)23(31)32-3)21(27-19(29)8-13)20-16(24)9-14(10-17(20)25)22(30)26-2/h4-5,8-10,15H,6-7,11-12H2,1-3H3,(H,26,30). The van der Waals surface area contributed by atoms with Crippen LogP contribution >= 0.6 is 0 Å². The Balaban J connectivity index is 1.79. The maximum atomic E-state index is 15.1. The molecule has 2 amide bonds. The molecular weight excluding hydrogens is 434 g/mol. The van der Waals surface area contributed by atoms with Gasteiger partial charge in [-0.15, -0.1) is 0 Å². The Kier molecular flexibility index (Phi) is 6.28. The van der Waals surface area contributed by atoms with Crippen molar-refractivity contribution in [2.45, 2.75) is 19.4 Å². The largest absolute Gasteiger partial charge is 0.453 e. The van der Waals surface area contributed by atoms with E-state index in [9.17, 15) is 9.59 Å². The third-order valence-corrected chi connectivity index (χ3v) is 5.64. The fourth-order valence-electron chi connectivity index (χ4n) is 4.02. The smallest absolute Gasteiger partial charge is 0.409 e. The van der Waals surface area contributed by atoms with Gasteiger partial charge in [-0.3, -0.25) is 4.79 Å². The molecule has 33 heavy (non-hydrogen) atoms. The Labute approximate surface area is 189 Å². The molecule has 174 valence electrons. The van der Waals surface area contributed by atoms with Crippen LogP contribution in [0.4, 0.5) is 13.6 Å². The first-order valence-electron chi connectivity index (χ1n) is 10.5. The number of aryl methyl sites for hydroxylation is 1. The minimum absolute atomic E-state index is 0.123. The quantitative estimate of drug-likeness (QED) is 0.650. The van der Waals surface area contributed by atoms with Gasteiger partial charge in [-0.05, 0) is 36.8 Å². The number of carbonyl (C=O) groups is 2. The number of hydrogen-bond acceptors (Lipinski definition) is 5. The summed E-state index contributed by atoms with van der Waals surface area (Å²) in [6.07, 6.45) is 1.16. The molecule has 1 fully saturated rings. The van der Waals surface area contributed by atoms with Crippen LogP contribution in [0.2, 0.25) is 0 Å². The monoisotopic (exact) mass is 458 g/mol. The minimum Gasteiger partial charge on any atom is -0.453 e. The fourth-order valence-corrected chi connectivity index (χ4v) is 4.02. The molecule has 2 aromatic heterocycles. The topological polar surface area (TPSA) is 85.2 Å². The van der Waals surface area contributed by atoms with E-state index in [0.717, 1.165) is 17.7 Å². The van der Waals surface area contributed by atoms with Gasteiger partial charge in [0, 0.05) is 31.8 Å². The van der Waals surface area contributed by atoms with Crippen molar-refractivity contribution in [3.63, 3.8) is 0 Å². The highest BCUT2D eigenvalue weighted by molar-refractivity contribution is 5.94. The van der Waals surface area contributed by atoms with Crippen LogP contribution in [0.5, 0.6) is 0 Å². The number of pyridine rings is 1. The fraction of sp³-hybridized carbons (Fsp3) is 0.348. The molecule has 1 aliphatic rings. The second-order valence-electron chi connectivity index (χ2n) is 7.85. The molecule has 4 rings (SSSR count). The average molecular weight is 458 g/mol. The zero-order valence-corrected chi connectivity index (χ0v) is 18.5. The molecule has 10 heteroatoms. The highest BCUT2D eigenvalue weighted by Gasteiger charge is 2.29. The number of benzene rings is 1. The van der Waals surface area contributed by atoms with Crippen LogP contribution in [-0.4, -0.2) is 66.2 Å². The second kappa shape index (κ2) is 9.14. The van der Waals surface area contributed by atoms with Gasteiger partial charge in [0.2, 0.25) is 0 Å². The summed E-state index contributed by atoms with van der Waals surface area (Å²) >= 11 is 0. The van der Waals surface area contributed by atoms with Gasteiger partial charge in [-0.1, -0.05) is 0 Å². The Morgan fingerprint density at radius 2 is 2.00 bits per heavy atom. The number of hydrogen-bond donors (Lipinski definition) is 1. The zero-order chi connectivity index (χ0) is 23.7. The van der Waals surface area contributed by atoms with E-state index in [2.05, 4.69) is 10.3 Å². The summed E-state index contributed by atoms with van der Waals surface area (Å²) in [5, 5.41) is 2.36. The summed E-state index contributed by atoms with van der Waals surface area (Å²) < 4.78 is 42.6. The molecule has 0 aliphatic carbocycles. The molecule has 8 nitrogen and oxygen atoms in total. The number of fused-ring (bicyclic) bond motifs is 1. The molecule has 1 N–H and O–H groups in total.